The summed E-state index contributed by atoms with van der Waals surface area (Å²) in [6, 6.07) is 13.4. The number of halogens is 1. The Kier molecular flexibility index (Phi) is 6.30. The number of nitrogens with zero attached hydrogens (tertiary/aromatic N) is 2. The average Bonchev–Trinajstić information content (AvgIpc) is 2.69. The van der Waals surface area contributed by atoms with Crippen molar-refractivity contribution >= 4 is 33.2 Å². The maximum atomic E-state index is 13.2. The zero-order valence-corrected chi connectivity index (χ0v) is 17.7. The van der Waals surface area contributed by atoms with Gasteiger partial charge in [-0.15, -0.1) is 0 Å². The fourth-order valence-corrected chi connectivity index (χ4v) is 5.29. The van der Waals surface area contributed by atoms with Gasteiger partial charge in [-0.1, -0.05) is 29.8 Å². The molecule has 5 nitrogen and oxygen atoms in total. The van der Waals surface area contributed by atoms with Crippen molar-refractivity contribution in [1.82, 2.24) is 4.90 Å². The molecule has 1 saturated heterocycles. The van der Waals surface area contributed by atoms with Gasteiger partial charge in [0.05, 0.1) is 21.2 Å². The van der Waals surface area contributed by atoms with Crippen LogP contribution in [0.3, 0.4) is 0 Å². The molecule has 1 amide bonds. The van der Waals surface area contributed by atoms with Crippen molar-refractivity contribution in [2.24, 2.45) is 0 Å². The minimum Gasteiger partial charge on any atom is -0.336 e. The second kappa shape index (κ2) is 8.53. The van der Waals surface area contributed by atoms with Gasteiger partial charge in [0.1, 0.15) is 0 Å². The number of likely N-dealkylation sites (tertiary alicyclic amines) is 1. The van der Waals surface area contributed by atoms with E-state index in [1.165, 1.54) is 22.5 Å². The van der Waals surface area contributed by atoms with E-state index in [4.69, 9.17) is 11.6 Å². The maximum Gasteiger partial charge on any atom is 0.264 e. The predicted molar refractivity (Wildman–Crippen MR) is 112 cm³/mol. The van der Waals surface area contributed by atoms with E-state index in [0.29, 0.717) is 12.2 Å². The summed E-state index contributed by atoms with van der Waals surface area (Å²) in [6.07, 6.45) is 2.98. The molecule has 150 valence electrons. The predicted octanol–water partition coefficient (Wildman–Crippen LogP) is 4.57. The molecular weight excluding hydrogens is 396 g/mol. The molecule has 0 saturated carbocycles. The van der Waals surface area contributed by atoms with Crippen molar-refractivity contribution < 1.29 is 13.2 Å². The number of amides is 1. The molecule has 28 heavy (non-hydrogen) atoms. The first kappa shape index (κ1) is 20.7. The smallest absolute Gasteiger partial charge is 0.264 e. The van der Waals surface area contributed by atoms with Gasteiger partial charge in [0.2, 0.25) is 0 Å². The summed E-state index contributed by atoms with van der Waals surface area (Å²) < 4.78 is 27.8. The molecular formula is C21H25ClN2O3S. The Morgan fingerprint density at radius 2 is 1.89 bits per heavy atom. The van der Waals surface area contributed by atoms with Crippen LogP contribution in [0.1, 0.15) is 43.5 Å². The monoisotopic (exact) mass is 420 g/mol. The van der Waals surface area contributed by atoms with Crippen LogP contribution in [-0.4, -0.2) is 38.4 Å². The van der Waals surface area contributed by atoms with Crippen molar-refractivity contribution in [2.45, 2.75) is 44.0 Å². The van der Waals surface area contributed by atoms with Crippen LogP contribution in [0.25, 0.3) is 0 Å². The van der Waals surface area contributed by atoms with E-state index >= 15 is 0 Å². The van der Waals surface area contributed by atoms with E-state index in [1.807, 2.05) is 13.0 Å². The van der Waals surface area contributed by atoms with E-state index in [9.17, 15) is 13.2 Å². The summed E-state index contributed by atoms with van der Waals surface area (Å²) in [5.41, 5.74) is 0.818. The summed E-state index contributed by atoms with van der Waals surface area (Å²) in [5.74, 6) is -0.211. The summed E-state index contributed by atoms with van der Waals surface area (Å²) in [7, 11) is -3.82. The molecule has 0 N–H and O–H groups in total. The lowest BCUT2D eigenvalue weighted by Gasteiger charge is -2.33. The first-order valence-electron chi connectivity index (χ1n) is 9.54. The van der Waals surface area contributed by atoms with E-state index in [1.54, 1.807) is 36.1 Å². The molecule has 1 aliphatic rings. The number of anilines is 1. The van der Waals surface area contributed by atoms with Crippen molar-refractivity contribution in [3.63, 3.8) is 0 Å². The van der Waals surface area contributed by atoms with E-state index in [2.05, 4.69) is 0 Å². The number of hydrogen-bond donors (Lipinski definition) is 0. The van der Waals surface area contributed by atoms with E-state index in [-0.39, 0.29) is 34.0 Å². The normalized spacial score (nSPS) is 17.4. The molecule has 2 aromatic rings. The van der Waals surface area contributed by atoms with Gasteiger partial charge < -0.3 is 4.90 Å². The van der Waals surface area contributed by atoms with Gasteiger partial charge in [-0.2, -0.15) is 0 Å². The summed E-state index contributed by atoms with van der Waals surface area (Å²) in [6.45, 7) is 4.74. The van der Waals surface area contributed by atoms with Gasteiger partial charge in [0.15, 0.2) is 0 Å². The first-order valence-corrected chi connectivity index (χ1v) is 11.4. The molecule has 0 aliphatic carbocycles. The Morgan fingerprint density at radius 3 is 2.54 bits per heavy atom. The van der Waals surface area contributed by atoms with Crippen LogP contribution >= 0.6 is 11.6 Å². The van der Waals surface area contributed by atoms with Gasteiger partial charge in [-0.25, -0.2) is 8.42 Å². The van der Waals surface area contributed by atoms with Gasteiger partial charge in [0.25, 0.3) is 15.9 Å². The van der Waals surface area contributed by atoms with Gasteiger partial charge >= 0.3 is 0 Å². The molecule has 0 bridgehead atoms. The van der Waals surface area contributed by atoms with Crippen molar-refractivity contribution in [2.75, 3.05) is 17.4 Å². The highest BCUT2D eigenvalue weighted by Crippen LogP contribution is 2.28. The second-order valence-electron chi connectivity index (χ2n) is 6.99. The molecule has 0 spiro atoms. The fourth-order valence-electron chi connectivity index (χ4n) is 3.60. The minimum absolute atomic E-state index is 0.0654. The molecule has 1 atom stereocenters. The molecule has 1 heterocycles. The lowest BCUT2D eigenvalue weighted by atomic mass is 10.0. The zero-order chi connectivity index (χ0) is 20.3. The van der Waals surface area contributed by atoms with Crippen LogP contribution in [0.15, 0.2) is 53.4 Å². The van der Waals surface area contributed by atoms with Crippen molar-refractivity contribution in [3.8, 4) is 0 Å². The Hall–Kier alpha value is -2.05. The molecule has 1 fully saturated rings. The number of benzene rings is 2. The van der Waals surface area contributed by atoms with Crippen LogP contribution in [0.5, 0.6) is 0 Å². The highest BCUT2D eigenvalue weighted by Gasteiger charge is 2.29. The summed E-state index contributed by atoms with van der Waals surface area (Å²) in [4.78, 5) is 14.9. The quantitative estimate of drug-likeness (QED) is 0.711. The number of hydrogen-bond acceptors (Lipinski definition) is 3. The largest absolute Gasteiger partial charge is 0.336 e. The fraction of sp³-hybridized carbons (Fsp3) is 0.381. The molecule has 0 aromatic heterocycles. The van der Waals surface area contributed by atoms with Crippen molar-refractivity contribution in [1.29, 1.82) is 0 Å². The Balaban J connectivity index is 1.99. The second-order valence-corrected chi connectivity index (χ2v) is 9.26. The molecule has 0 unspecified atom stereocenters. The molecule has 7 heteroatoms. The van der Waals surface area contributed by atoms with Crippen LogP contribution in [0.4, 0.5) is 5.69 Å². The van der Waals surface area contributed by atoms with E-state index < -0.39 is 10.0 Å². The van der Waals surface area contributed by atoms with Gasteiger partial charge in [0, 0.05) is 19.1 Å². The topological polar surface area (TPSA) is 57.7 Å². The number of rotatable bonds is 5. The standard InChI is InChI=1S/C21H25ClN2O3S/c1-3-24(17-10-5-4-6-11-17)28(26,27)18-12-13-20(22)19(15-18)21(25)23-14-8-7-9-16(23)2/h4-6,10-13,15-16H,3,7-9,14H2,1-2H3/t16-/m1/s1. The SMILES string of the molecule is CCN(c1ccccc1)S(=O)(=O)c1ccc(Cl)c(C(=O)N2CCCC[C@H]2C)c1. The highest BCUT2D eigenvalue weighted by atomic mass is 35.5. The van der Waals surface area contributed by atoms with Crippen LogP contribution < -0.4 is 4.31 Å². The van der Waals surface area contributed by atoms with Crippen LogP contribution in [-0.2, 0) is 10.0 Å². The number of para-hydroxylation sites is 1. The zero-order valence-electron chi connectivity index (χ0n) is 16.1. The van der Waals surface area contributed by atoms with Crippen LogP contribution in [0, 0.1) is 0 Å². The maximum absolute atomic E-state index is 13.2. The molecule has 2 aromatic carbocycles. The molecule has 1 aliphatic heterocycles. The first-order chi connectivity index (χ1) is 13.4. The third kappa shape index (κ3) is 4.03. The average molecular weight is 421 g/mol. The molecule has 3 rings (SSSR count). The lowest BCUT2D eigenvalue weighted by molar-refractivity contribution is 0.0635. The van der Waals surface area contributed by atoms with Crippen LogP contribution in [0.2, 0.25) is 5.02 Å². The third-order valence-corrected chi connectivity index (χ3v) is 7.38. The lowest BCUT2D eigenvalue weighted by Crippen LogP contribution is -2.42. The summed E-state index contributed by atoms with van der Waals surface area (Å²) in [5, 5.41) is 0.268. The van der Waals surface area contributed by atoms with E-state index in [0.717, 1.165) is 19.3 Å². The summed E-state index contributed by atoms with van der Waals surface area (Å²) >= 11 is 6.28. The Bertz CT molecular complexity index is 947. The Labute approximate surface area is 172 Å². The van der Waals surface area contributed by atoms with Crippen molar-refractivity contribution in [3.05, 3.63) is 59.1 Å². The molecule has 0 radical (unpaired) electrons. The highest BCUT2D eigenvalue weighted by molar-refractivity contribution is 7.92. The third-order valence-electron chi connectivity index (χ3n) is 5.15. The number of piperidine rings is 1. The number of sulfonamides is 1. The van der Waals surface area contributed by atoms with Gasteiger partial charge in [-0.3, -0.25) is 9.10 Å². The minimum atomic E-state index is -3.82. The number of carbonyl (C=O) groups excluding carboxylic acids is 1. The van der Waals surface area contributed by atoms with Gasteiger partial charge in [-0.05, 0) is 63.4 Å². The Morgan fingerprint density at radius 1 is 1.18 bits per heavy atom. The number of carbonyl (C=O) groups is 1.